The van der Waals surface area contributed by atoms with Crippen LogP contribution in [0.3, 0.4) is 0 Å². The molecule has 1 aromatic heterocycles. The van der Waals surface area contributed by atoms with Crippen molar-refractivity contribution in [1.82, 2.24) is 4.98 Å². The predicted molar refractivity (Wildman–Crippen MR) is 81.0 cm³/mol. The maximum atomic E-state index is 6.22. The topological polar surface area (TPSA) is 38.9 Å². The van der Waals surface area contributed by atoms with Crippen LogP contribution in [0.5, 0.6) is 0 Å². The van der Waals surface area contributed by atoms with Crippen molar-refractivity contribution in [3.05, 3.63) is 41.6 Å². The molecule has 0 radical (unpaired) electrons. The Bertz CT molecular complexity index is 525. The maximum absolute atomic E-state index is 6.22. The van der Waals surface area contributed by atoms with Crippen LogP contribution >= 0.6 is 11.8 Å². The summed E-state index contributed by atoms with van der Waals surface area (Å²) in [5.41, 5.74) is 9.52. The first-order valence-corrected chi connectivity index (χ1v) is 7.57. The fraction of sp³-hybridized carbons (Fsp3) is 0.400. The molecule has 2 aromatic rings. The van der Waals surface area contributed by atoms with Gasteiger partial charge in [0.05, 0.1) is 5.52 Å². The van der Waals surface area contributed by atoms with Gasteiger partial charge in [-0.05, 0) is 42.9 Å². The highest BCUT2D eigenvalue weighted by atomic mass is 32.2. The number of nitrogens with zero attached hydrogens (tertiary/aromatic N) is 1. The lowest BCUT2D eigenvalue weighted by Crippen LogP contribution is -2.13. The van der Waals surface area contributed by atoms with Gasteiger partial charge in [-0.3, -0.25) is 4.98 Å². The van der Waals surface area contributed by atoms with Crippen LogP contribution in [0.15, 0.2) is 30.3 Å². The molecule has 96 valence electrons. The van der Waals surface area contributed by atoms with Crippen LogP contribution < -0.4 is 5.73 Å². The minimum absolute atomic E-state index is 0.118. The fourth-order valence-corrected chi connectivity index (χ4v) is 2.83. The Labute approximate surface area is 113 Å². The zero-order valence-corrected chi connectivity index (χ0v) is 11.8. The van der Waals surface area contributed by atoms with Crippen LogP contribution in [0.25, 0.3) is 10.9 Å². The zero-order valence-electron chi connectivity index (χ0n) is 11.0. The molecule has 0 aliphatic carbocycles. The van der Waals surface area contributed by atoms with Crippen molar-refractivity contribution in [2.24, 2.45) is 5.73 Å². The maximum Gasteiger partial charge on any atom is 0.0705 e. The summed E-state index contributed by atoms with van der Waals surface area (Å²) >= 11 is 1.92. The summed E-state index contributed by atoms with van der Waals surface area (Å²) in [6.07, 6.45) is 1.21. The van der Waals surface area contributed by atoms with Gasteiger partial charge in [0.15, 0.2) is 0 Å². The molecule has 1 unspecified atom stereocenters. The van der Waals surface area contributed by atoms with E-state index in [0.717, 1.165) is 17.0 Å². The van der Waals surface area contributed by atoms with Crippen LogP contribution in [0.1, 0.15) is 30.6 Å². The normalized spacial score (nSPS) is 12.8. The zero-order chi connectivity index (χ0) is 13.0. The van der Waals surface area contributed by atoms with E-state index in [4.69, 9.17) is 5.73 Å². The molecule has 0 spiro atoms. The molecule has 2 nitrogen and oxygen atoms in total. The van der Waals surface area contributed by atoms with Gasteiger partial charge in [0.1, 0.15) is 0 Å². The molecule has 0 aliphatic rings. The molecule has 1 atom stereocenters. The van der Waals surface area contributed by atoms with E-state index in [1.165, 1.54) is 23.1 Å². The third kappa shape index (κ3) is 3.24. The quantitative estimate of drug-likeness (QED) is 0.833. The summed E-state index contributed by atoms with van der Waals surface area (Å²) in [4.78, 5) is 4.51. The molecule has 0 bridgehead atoms. The molecule has 2 N–H and O–H groups in total. The molecule has 0 saturated heterocycles. The lowest BCUT2D eigenvalue weighted by atomic mass is 10.1. The monoisotopic (exact) mass is 260 g/mol. The van der Waals surface area contributed by atoms with E-state index in [1.54, 1.807) is 0 Å². The van der Waals surface area contributed by atoms with Crippen LogP contribution in [0.2, 0.25) is 0 Å². The molecule has 3 heteroatoms. The second kappa shape index (κ2) is 6.21. The van der Waals surface area contributed by atoms with Crippen LogP contribution in [0, 0.1) is 6.92 Å². The number of hydrogen-bond acceptors (Lipinski definition) is 3. The highest BCUT2D eigenvalue weighted by Gasteiger charge is 2.07. The predicted octanol–water partition coefficient (Wildman–Crippen LogP) is 3.69. The first-order valence-electron chi connectivity index (χ1n) is 6.41. The number of benzene rings is 1. The van der Waals surface area contributed by atoms with E-state index in [2.05, 4.69) is 36.2 Å². The van der Waals surface area contributed by atoms with Gasteiger partial charge in [0.2, 0.25) is 0 Å². The Morgan fingerprint density at radius 3 is 2.89 bits per heavy atom. The number of aryl methyl sites for hydroxylation is 1. The van der Waals surface area contributed by atoms with E-state index in [-0.39, 0.29) is 6.04 Å². The fourth-order valence-electron chi connectivity index (χ4n) is 1.93. The second-order valence-electron chi connectivity index (χ2n) is 4.59. The standard InChI is InChI=1S/C15H20N2S/c1-3-8-18-10-14(16)12-6-7-15-13(9-12)5-4-11(2)17-15/h4-7,9,14H,3,8,10,16H2,1-2H3. The van der Waals surface area contributed by atoms with Crippen molar-refractivity contribution >= 4 is 22.7 Å². The van der Waals surface area contributed by atoms with Gasteiger partial charge in [0, 0.05) is 22.9 Å². The van der Waals surface area contributed by atoms with Gasteiger partial charge in [-0.2, -0.15) is 11.8 Å². The van der Waals surface area contributed by atoms with E-state index in [1.807, 2.05) is 24.8 Å². The van der Waals surface area contributed by atoms with Gasteiger partial charge in [-0.25, -0.2) is 0 Å². The summed E-state index contributed by atoms with van der Waals surface area (Å²) in [6, 6.07) is 10.6. The van der Waals surface area contributed by atoms with E-state index in [9.17, 15) is 0 Å². The van der Waals surface area contributed by atoms with Gasteiger partial charge < -0.3 is 5.73 Å². The molecule has 2 rings (SSSR count). The highest BCUT2D eigenvalue weighted by molar-refractivity contribution is 7.99. The first kappa shape index (κ1) is 13.4. The highest BCUT2D eigenvalue weighted by Crippen LogP contribution is 2.21. The van der Waals surface area contributed by atoms with Crippen LogP contribution in [-0.2, 0) is 0 Å². The lowest BCUT2D eigenvalue weighted by Gasteiger charge is -2.12. The minimum Gasteiger partial charge on any atom is -0.323 e. The van der Waals surface area contributed by atoms with Crippen molar-refractivity contribution in [3.8, 4) is 0 Å². The Balaban J connectivity index is 2.16. The second-order valence-corrected chi connectivity index (χ2v) is 5.74. The number of nitrogens with two attached hydrogens (primary N) is 1. The third-order valence-corrected chi connectivity index (χ3v) is 4.22. The van der Waals surface area contributed by atoms with E-state index < -0.39 is 0 Å². The Hall–Kier alpha value is -1.06. The largest absolute Gasteiger partial charge is 0.323 e. The number of fused-ring (bicyclic) bond motifs is 1. The van der Waals surface area contributed by atoms with Crippen LogP contribution in [0.4, 0.5) is 0 Å². The molecule has 18 heavy (non-hydrogen) atoms. The van der Waals surface area contributed by atoms with Gasteiger partial charge in [0.25, 0.3) is 0 Å². The van der Waals surface area contributed by atoms with Crippen LogP contribution in [-0.4, -0.2) is 16.5 Å². The molecule has 0 aliphatic heterocycles. The summed E-state index contributed by atoms with van der Waals surface area (Å²) < 4.78 is 0. The lowest BCUT2D eigenvalue weighted by molar-refractivity contribution is 0.832. The van der Waals surface area contributed by atoms with E-state index in [0.29, 0.717) is 0 Å². The Morgan fingerprint density at radius 2 is 2.11 bits per heavy atom. The molecule has 0 fully saturated rings. The molecule has 1 aromatic carbocycles. The number of rotatable bonds is 5. The summed E-state index contributed by atoms with van der Waals surface area (Å²) in [7, 11) is 0. The minimum atomic E-state index is 0.118. The SMILES string of the molecule is CCCSCC(N)c1ccc2nc(C)ccc2c1. The molecule has 1 heterocycles. The van der Waals surface area contributed by atoms with E-state index >= 15 is 0 Å². The van der Waals surface area contributed by atoms with Crippen molar-refractivity contribution < 1.29 is 0 Å². The van der Waals surface area contributed by atoms with Crippen molar-refractivity contribution in [1.29, 1.82) is 0 Å². The average Bonchev–Trinajstić information content (AvgIpc) is 2.38. The first-order chi connectivity index (χ1) is 8.70. The summed E-state index contributed by atoms with van der Waals surface area (Å²) in [6.45, 7) is 4.21. The van der Waals surface area contributed by atoms with Gasteiger partial charge in [-0.15, -0.1) is 0 Å². The molecular weight excluding hydrogens is 240 g/mol. The number of pyridine rings is 1. The summed E-state index contributed by atoms with van der Waals surface area (Å²) in [5.74, 6) is 2.17. The molecular formula is C15H20N2S. The Morgan fingerprint density at radius 1 is 1.28 bits per heavy atom. The van der Waals surface area contributed by atoms with Crippen molar-refractivity contribution in [2.45, 2.75) is 26.3 Å². The smallest absolute Gasteiger partial charge is 0.0705 e. The molecule has 0 saturated carbocycles. The third-order valence-electron chi connectivity index (χ3n) is 2.93. The van der Waals surface area contributed by atoms with Crippen molar-refractivity contribution in [2.75, 3.05) is 11.5 Å². The number of thioether (sulfide) groups is 1. The number of hydrogen-bond donors (Lipinski definition) is 1. The summed E-state index contributed by atoms with van der Waals surface area (Å²) in [5, 5.41) is 1.18. The Kier molecular flexibility index (Phi) is 4.61. The van der Waals surface area contributed by atoms with Crippen molar-refractivity contribution in [3.63, 3.8) is 0 Å². The molecule has 0 amide bonds. The average molecular weight is 260 g/mol. The number of aromatic nitrogens is 1. The van der Waals surface area contributed by atoms with Gasteiger partial charge in [-0.1, -0.05) is 19.1 Å². The van der Waals surface area contributed by atoms with Gasteiger partial charge >= 0.3 is 0 Å².